The monoisotopic (exact) mass is 406 g/mol. The van der Waals surface area contributed by atoms with E-state index in [1.807, 2.05) is 36.4 Å². The Labute approximate surface area is 174 Å². The highest BCUT2D eigenvalue weighted by Crippen LogP contribution is 2.29. The number of rotatable bonds is 6. The second-order valence-corrected chi connectivity index (χ2v) is 7.08. The van der Waals surface area contributed by atoms with Crippen molar-refractivity contribution in [3.8, 4) is 17.1 Å². The second kappa shape index (κ2) is 9.00. The van der Waals surface area contributed by atoms with Crippen molar-refractivity contribution >= 4 is 11.9 Å². The zero-order chi connectivity index (χ0) is 20.9. The second-order valence-electron chi connectivity index (χ2n) is 7.08. The van der Waals surface area contributed by atoms with E-state index in [4.69, 9.17) is 9.72 Å². The maximum atomic E-state index is 13.0. The van der Waals surface area contributed by atoms with Crippen molar-refractivity contribution in [1.29, 1.82) is 0 Å². The van der Waals surface area contributed by atoms with Crippen LogP contribution in [-0.4, -0.2) is 47.5 Å². The van der Waals surface area contributed by atoms with Crippen molar-refractivity contribution in [1.82, 2.24) is 9.97 Å². The van der Waals surface area contributed by atoms with Crippen molar-refractivity contribution in [3.05, 3.63) is 71.8 Å². The van der Waals surface area contributed by atoms with Crippen LogP contribution < -0.4 is 9.64 Å². The summed E-state index contributed by atoms with van der Waals surface area (Å²) in [7, 11) is 1.74. The van der Waals surface area contributed by atoms with Gasteiger partial charge in [-0.3, -0.25) is 4.99 Å². The number of halogens is 1. The Morgan fingerprint density at radius 2 is 2.10 bits per heavy atom. The van der Waals surface area contributed by atoms with Gasteiger partial charge in [0, 0.05) is 43.4 Å². The van der Waals surface area contributed by atoms with E-state index in [0.29, 0.717) is 18.1 Å². The van der Waals surface area contributed by atoms with Crippen molar-refractivity contribution < 1.29 is 14.2 Å². The number of aliphatic hydroxyl groups is 1. The SMILES string of the molecule is C/N=C/c1ccccc1-c1ccc(N2CC[C@H](Oc3ccc(F)cn3)C2)c(CO)n1. The molecule has 3 aromatic rings. The number of hydrogen-bond donors (Lipinski definition) is 1. The molecule has 6 nitrogen and oxygen atoms in total. The van der Waals surface area contributed by atoms with E-state index >= 15 is 0 Å². The number of aromatic nitrogens is 2. The van der Waals surface area contributed by atoms with E-state index in [2.05, 4.69) is 14.9 Å². The molecule has 0 saturated carbocycles. The van der Waals surface area contributed by atoms with Gasteiger partial charge in [0.05, 0.1) is 36.4 Å². The number of ether oxygens (including phenoxy) is 1. The van der Waals surface area contributed by atoms with Crippen LogP contribution in [0.25, 0.3) is 11.3 Å². The van der Waals surface area contributed by atoms with Gasteiger partial charge in [-0.2, -0.15) is 0 Å². The average Bonchev–Trinajstić information content (AvgIpc) is 3.24. The molecule has 2 aromatic heterocycles. The minimum Gasteiger partial charge on any atom is -0.472 e. The molecule has 1 atom stereocenters. The molecule has 0 radical (unpaired) electrons. The van der Waals surface area contributed by atoms with E-state index in [0.717, 1.165) is 41.7 Å². The molecule has 1 N–H and O–H groups in total. The summed E-state index contributed by atoms with van der Waals surface area (Å²) in [4.78, 5) is 14.9. The van der Waals surface area contributed by atoms with Crippen molar-refractivity contribution in [2.45, 2.75) is 19.1 Å². The van der Waals surface area contributed by atoms with Gasteiger partial charge in [-0.25, -0.2) is 14.4 Å². The average molecular weight is 406 g/mol. The van der Waals surface area contributed by atoms with Crippen LogP contribution in [0.1, 0.15) is 17.7 Å². The number of hydrogen-bond acceptors (Lipinski definition) is 6. The Hall–Kier alpha value is -3.32. The minimum absolute atomic E-state index is 0.0596. The summed E-state index contributed by atoms with van der Waals surface area (Å²) < 4.78 is 18.9. The van der Waals surface area contributed by atoms with Gasteiger partial charge in [-0.05, 0) is 18.2 Å². The third kappa shape index (κ3) is 4.31. The molecule has 1 saturated heterocycles. The fraction of sp³-hybridized carbons (Fsp3) is 0.261. The number of nitrogens with zero attached hydrogens (tertiary/aromatic N) is 4. The molecule has 1 aliphatic heterocycles. The first-order valence-corrected chi connectivity index (χ1v) is 9.83. The number of benzene rings is 1. The quantitative estimate of drug-likeness (QED) is 0.635. The molecule has 1 aliphatic rings. The zero-order valence-corrected chi connectivity index (χ0v) is 16.7. The van der Waals surface area contributed by atoms with Gasteiger partial charge in [0.25, 0.3) is 0 Å². The first-order valence-electron chi connectivity index (χ1n) is 9.83. The lowest BCUT2D eigenvalue weighted by Gasteiger charge is -2.21. The molecule has 7 heteroatoms. The minimum atomic E-state index is -0.388. The molecule has 0 spiro atoms. The summed E-state index contributed by atoms with van der Waals surface area (Å²) in [5.41, 5.74) is 4.25. The van der Waals surface area contributed by atoms with Crippen molar-refractivity contribution in [3.63, 3.8) is 0 Å². The van der Waals surface area contributed by atoms with Crippen LogP contribution >= 0.6 is 0 Å². The van der Waals surface area contributed by atoms with Gasteiger partial charge in [0.1, 0.15) is 11.9 Å². The number of aliphatic imine (C=N–C) groups is 1. The Bertz CT molecular complexity index is 1040. The molecule has 4 rings (SSSR count). The van der Waals surface area contributed by atoms with Gasteiger partial charge < -0.3 is 14.7 Å². The van der Waals surface area contributed by atoms with Crippen LogP contribution in [0.3, 0.4) is 0 Å². The van der Waals surface area contributed by atoms with E-state index in [-0.39, 0.29) is 18.5 Å². The van der Waals surface area contributed by atoms with Gasteiger partial charge in [0.2, 0.25) is 5.88 Å². The van der Waals surface area contributed by atoms with Gasteiger partial charge in [0.15, 0.2) is 0 Å². The summed E-state index contributed by atoms with van der Waals surface area (Å²) >= 11 is 0. The predicted octanol–water partition coefficient (Wildman–Crippen LogP) is 3.48. The summed E-state index contributed by atoms with van der Waals surface area (Å²) in [6.45, 7) is 1.26. The first kappa shape index (κ1) is 20.0. The van der Waals surface area contributed by atoms with Gasteiger partial charge >= 0.3 is 0 Å². The van der Waals surface area contributed by atoms with Crippen LogP contribution in [0.5, 0.6) is 5.88 Å². The fourth-order valence-corrected chi connectivity index (χ4v) is 3.68. The molecule has 1 fully saturated rings. The van der Waals surface area contributed by atoms with E-state index in [9.17, 15) is 9.50 Å². The lowest BCUT2D eigenvalue weighted by Crippen LogP contribution is -2.26. The largest absolute Gasteiger partial charge is 0.472 e. The number of aliphatic hydroxyl groups excluding tert-OH is 1. The van der Waals surface area contributed by atoms with Gasteiger partial charge in [-0.1, -0.05) is 24.3 Å². The van der Waals surface area contributed by atoms with Crippen molar-refractivity contribution in [2.24, 2.45) is 4.99 Å². The zero-order valence-electron chi connectivity index (χ0n) is 16.7. The molecule has 0 amide bonds. The highest BCUT2D eigenvalue weighted by atomic mass is 19.1. The van der Waals surface area contributed by atoms with Gasteiger partial charge in [-0.15, -0.1) is 0 Å². The molecule has 1 aromatic carbocycles. The molecule has 0 bridgehead atoms. The van der Waals surface area contributed by atoms with E-state index < -0.39 is 0 Å². The van der Waals surface area contributed by atoms with Crippen molar-refractivity contribution in [2.75, 3.05) is 25.0 Å². The third-order valence-corrected chi connectivity index (χ3v) is 5.08. The van der Waals surface area contributed by atoms with Crippen LogP contribution in [-0.2, 0) is 6.61 Å². The van der Waals surface area contributed by atoms with Crippen LogP contribution in [0.4, 0.5) is 10.1 Å². The standard InChI is InChI=1S/C23H23FN4O2/c1-25-12-16-4-2-3-5-19(16)20-7-8-22(21(15-29)27-20)28-11-10-18(14-28)30-23-9-6-17(24)13-26-23/h2-9,12-13,18,29H,10-11,14-15H2,1H3/b25-12+/t18-/m0/s1. The summed E-state index contributed by atoms with van der Waals surface area (Å²) in [5, 5.41) is 9.96. The number of anilines is 1. The predicted molar refractivity (Wildman–Crippen MR) is 115 cm³/mol. The van der Waals surface area contributed by atoms with E-state index in [1.165, 1.54) is 12.1 Å². The number of pyridine rings is 2. The fourth-order valence-electron chi connectivity index (χ4n) is 3.68. The van der Waals surface area contributed by atoms with Crippen LogP contribution in [0.15, 0.2) is 59.7 Å². The van der Waals surface area contributed by atoms with Crippen LogP contribution in [0, 0.1) is 5.82 Å². The highest BCUT2D eigenvalue weighted by molar-refractivity contribution is 5.89. The molecule has 30 heavy (non-hydrogen) atoms. The topological polar surface area (TPSA) is 70.8 Å². The molecule has 154 valence electrons. The third-order valence-electron chi connectivity index (χ3n) is 5.08. The summed E-state index contributed by atoms with van der Waals surface area (Å²) in [5.74, 6) is 0.0224. The first-order chi connectivity index (χ1) is 14.7. The van der Waals surface area contributed by atoms with E-state index in [1.54, 1.807) is 13.3 Å². The Morgan fingerprint density at radius 3 is 2.87 bits per heavy atom. The highest BCUT2D eigenvalue weighted by Gasteiger charge is 2.26. The lowest BCUT2D eigenvalue weighted by molar-refractivity contribution is 0.215. The molecular weight excluding hydrogens is 383 g/mol. The normalized spacial score (nSPS) is 16.4. The molecular formula is C23H23FN4O2. The maximum absolute atomic E-state index is 13.0. The lowest BCUT2D eigenvalue weighted by atomic mass is 10.0. The molecule has 3 heterocycles. The molecule has 0 aliphatic carbocycles. The smallest absolute Gasteiger partial charge is 0.213 e. The molecule has 0 unspecified atom stereocenters. The maximum Gasteiger partial charge on any atom is 0.213 e. The van der Waals surface area contributed by atoms with Crippen LogP contribution in [0.2, 0.25) is 0 Å². The Morgan fingerprint density at radius 1 is 1.23 bits per heavy atom. The summed E-state index contributed by atoms with van der Waals surface area (Å²) in [6.07, 6.45) is 3.70. The Kier molecular flexibility index (Phi) is 5.99. The Balaban J connectivity index is 1.53. The summed E-state index contributed by atoms with van der Waals surface area (Å²) in [6, 6.07) is 14.7.